The fourth-order valence-corrected chi connectivity index (χ4v) is 2.26. The molecule has 2 rings (SSSR count). The first kappa shape index (κ1) is 12.7. The minimum atomic E-state index is -0.237. The molecular formula is C11H15N5OS. The first-order valence-electron chi connectivity index (χ1n) is 5.79. The Morgan fingerprint density at radius 2 is 2.22 bits per heavy atom. The van der Waals surface area contributed by atoms with Gasteiger partial charge in [-0.15, -0.1) is 10.2 Å². The highest BCUT2D eigenvalue weighted by Gasteiger charge is 2.12. The smallest absolute Gasteiger partial charge is 0.274 e. The zero-order chi connectivity index (χ0) is 13.1. The Balaban J connectivity index is 2.42. The lowest BCUT2D eigenvalue weighted by atomic mass is 10.1. The largest absolute Gasteiger partial charge is 0.360 e. The maximum Gasteiger partial charge on any atom is 0.274 e. The van der Waals surface area contributed by atoms with Crippen LogP contribution in [0, 0.1) is 0 Å². The summed E-state index contributed by atoms with van der Waals surface area (Å²) in [5, 5.41) is 18.9. The molecule has 0 bridgehead atoms. The molecule has 7 heteroatoms. The van der Waals surface area contributed by atoms with Crippen molar-refractivity contribution in [1.29, 1.82) is 0 Å². The van der Waals surface area contributed by atoms with Gasteiger partial charge in [0.15, 0.2) is 5.01 Å². The van der Waals surface area contributed by atoms with Crippen molar-refractivity contribution in [2.24, 2.45) is 0 Å². The van der Waals surface area contributed by atoms with Gasteiger partial charge in [-0.05, 0) is 18.9 Å². The Kier molecular flexibility index (Phi) is 3.71. The maximum atomic E-state index is 11.8. The summed E-state index contributed by atoms with van der Waals surface area (Å²) >= 11 is 1.36. The topological polar surface area (TPSA) is 83.6 Å². The average molecular weight is 265 g/mol. The van der Waals surface area contributed by atoms with Crippen LogP contribution in [0.1, 0.15) is 32.4 Å². The van der Waals surface area contributed by atoms with E-state index in [0.29, 0.717) is 10.6 Å². The van der Waals surface area contributed by atoms with Gasteiger partial charge in [-0.1, -0.05) is 25.2 Å². The SMILES string of the molecule is CCNc1nnc(-c2cc(C(C)C)n[nH]c2=O)s1. The number of rotatable bonds is 4. The number of anilines is 1. The maximum absolute atomic E-state index is 11.8. The number of hydrogen-bond acceptors (Lipinski definition) is 6. The summed E-state index contributed by atoms with van der Waals surface area (Å²) in [6.45, 7) is 6.80. The molecule has 0 saturated heterocycles. The van der Waals surface area contributed by atoms with Crippen LogP contribution in [-0.4, -0.2) is 26.9 Å². The first-order valence-corrected chi connectivity index (χ1v) is 6.60. The Bertz CT molecular complexity index is 589. The Morgan fingerprint density at radius 3 is 2.89 bits per heavy atom. The summed E-state index contributed by atoms with van der Waals surface area (Å²) in [6, 6.07) is 1.78. The molecule has 0 aliphatic carbocycles. The van der Waals surface area contributed by atoms with Crippen molar-refractivity contribution >= 4 is 16.5 Å². The van der Waals surface area contributed by atoms with Gasteiger partial charge in [0.1, 0.15) is 0 Å². The second kappa shape index (κ2) is 5.26. The van der Waals surface area contributed by atoms with Crippen LogP contribution in [0.2, 0.25) is 0 Å². The minimum absolute atomic E-state index is 0.237. The summed E-state index contributed by atoms with van der Waals surface area (Å²) in [5.41, 5.74) is 1.12. The molecule has 0 spiro atoms. The van der Waals surface area contributed by atoms with Crippen LogP contribution in [0.15, 0.2) is 10.9 Å². The summed E-state index contributed by atoms with van der Waals surface area (Å²) in [6.07, 6.45) is 0. The molecule has 0 saturated carbocycles. The first-order chi connectivity index (χ1) is 8.61. The molecule has 0 radical (unpaired) electrons. The Labute approximate surface area is 108 Å². The number of nitrogens with one attached hydrogen (secondary N) is 2. The Morgan fingerprint density at radius 1 is 1.44 bits per heavy atom. The highest BCUT2D eigenvalue weighted by atomic mass is 32.1. The van der Waals surface area contributed by atoms with Gasteiger partial charge in [0.25, 0.3) is 5.56 Å². The normalized spacial score (nSPS) is 10.9. The molecule has 0 aliphatic rings. The molecule has 0 amide bonds. The van der Waals surface area contributed by atoms with Crippen LogP contribution in [0.25, 0.3) is 10.6 Å². The van der Waals surface area contributed by atoms with E-state index in [2.05, 4.69) is 25.7 Å². The van der Waals surface area contributed by atoms with Gasteiger partial charge in [-0.2, -0.15) is 5.10 Å². The van der Waals surface area contributed by atoms with E-state index in [-0.39, 0.29) is 11.5 Å². The quantitative estimate of drug-likeness (QED) is 0.881. The number of nitrogens with zero attached hydrogens (tertiary/aromatic N) is 3. The molecular weight excluding hydrogens is 250 g/mol. The zero-order valence-electron chi connectivity index (χ0n) is 10.5. The van der Waals surface area contributed by atoms with Gasteiger partial charge < -0.3 is 5.32 Å². The molecule has 0 atom stereocenters. The van der Waals surface area contributed by atoms with Gasteiger partial charge in [0, 0.05) is 6.54 Å². The van der Waals surface area contributed by atoms with E-state index in [9.17, 15) is 4.79 Å². The van der Waals surface area contributed by atoms with Gasteiger partial charge in [-0.3, -0.25) is 4.79 Å². The lowest BCUT2D eigenvalue weighted by Crippen LogP contribution is -2.13. The van der Waals surface area contributed by atoms with Crippen molar-refractivity contribution in [2.45, 2.75) is 26.7 Å². The van der Waals surface area contributed by atoms with Gasteiger partial charge in [0.05, 0.1) is 11.3 Å². The zero-order valence-corrected chi connectivity index (χ0v) is 11.3. The van der Waals surface area contributed by atoms with E-state index in [1.807, 2.05) is 20.8 Å². The average Bonchev–Trinajstić information content (AvgIpc) is 2.78. The number of aromatic nitrogens is 4. The van der Waals surface area contributed by atoms with Crippen molar-refractivity contribution < 1.29 is 0 Å². The van der Waals surface area contributed by atoms with Crippen molar-refractivity contribution in [1.82, 2.24) is 20.4 Å². The third-order valence-corrected chi connectivity index (χ3v) is 3.31. The third-order valence-electron chi connectivity index (χ3n) is 2.40. The van der Waals surface area contributed by atoms with Crippen LogP contribution < -0.4 is 10.9 Å². The molecule has 0 fully saturated rings. The van der Waals surface area contributed by atoms with Crippen LogP contribution in [0.3, 0.4) is 0 Å². The van der Waals surface area contributed by atoms with Crippen LogP contribution in [-0.2, 0) is 0 Å². The lowest BCUT2D eigenvalue weighted by Gasteiger charge is -2.03. The van der Waals surface area contributed by atoms with Crippen LogP contribution in [0.5, 0.6) is 0 Å². The fourth-order valence-electron chi connectivity index (χ4n) is 1.43. The molecule has 2 aromatic heterocycles. The van der Waals surface area contributed by atoms with E-state index in [0.717, 1.165) is 17.4 Å². The van der Waals surface area contributed by atoms with Crippen LogP contribution in [0.4, 0.5) is 5.13 Å². The highest BCUT2D eigenvalue weighted by Crippen LogP contribution is 2.24. The lowest BCUT2D eigenvalue weighted by molar-refractivity contribution is 0.778. The van der Waals surface area contributed by atoms with E-state index in [1.54, 1.807) is 6.07 Å². The molecule has 2 heterocycles. The molecule has 0 unspecified atom stereocenters. The molecule has 2 N–H and O–H groups in total. The number of H-pyrrole nitrogens is 1. The highest BCUT2D eigenvalue weighted by molar-refractivity contribution is 7.18. The van der Waals surface area contributed by atoms with Crippen molar-refractivity contribution in [3.63, 3.8) is 0 Å². The number of hydrogen-bond donors (Lipinski definition) is 2. The van der Waals surface area contributed by atoms with E-state index < -0.39 is 0 Å². The van der Waals surface area contributed by atoms with Gasteiger partial charge in [-0.25, -0.2) is 5.10 Å². The summed E-state index contributed by atoms with van der Waals surface area (Å²) in [5.74, 6) is 0.252. The van der Waals surface area contributed by atoms with Crippen molar-refractivity contribution in [3.05, 3.63) is 22.1 Å². The van der Waals surface area contributed by atoms with Crippen LogP contribution >= 0.6 is 11.3 Å². The monoisotopic (exact) mass is 265 g/mol. The van der Waals surface area contributed by atoms with E-state index >= 15 is 0 Å². The van der Waals surface area contributed by atoms with Crippen molar-refractivity contribution in [2.75, 3.05) is 11.9 Å². The standard InChI is InChI=1S/C11H15N5OS/c1-4-12-11-16-15-10(18-11)7-5-8(6(2)3)13-14-9(7)17/h5-6H,4H2,1-3H3,(H,12,16)(H,14,17). The summed E-state index contributed by atoms with van der Waals surface area (Å²) < 4.78 is 0. The predicted molar refractivity (Wildman–Crippen MR) is 72.0 cm³/mol. The second-order valence-corrected chi connectivity index (χ2v) is 5.11. The summed E-state index contributed by atoms with van der Waals surface area (Å²) in [7, 11) is 0. The summed E-state index contributed by atoms with van der Waals surface area (Å²) in [4.78, 5) is 11.8. The fraction of sp³-hybridized carbons (Fsp3) is 0.455. The molecule has 0 aromatic carbocycles. The van der Waals surface area contributed by atoms with E-state index in [1.165, 1.54) is 11.3 Å². The number of aromatic amines is 1. The second-order valence-electron chi connectivity index (χ2n) is 4.13. The molecule has 0 aliphatic heterocycles. The molecule has 2 aromatic rings. The molecule has 96 valence electrons. The van der Waals surface area contributed by atoms with E-state index in [4.69, 9.17) is 0 Å². The van der Waals surface area contributed by atoms with Crippen molar-refractivity contribution in [3.8, 4) is 10.6 Å². The Hall–Kier alpha value is -1.76. The van der Waals surface area contributed by atoms with Gasteiger partial charge >= 0.3 is 0 Å². The third kappa shape index (κ3) is 2.56. The van der Waals surface area contributed by atoms with Gasteiger partial charge in [0.2, 0.25) is 5.13 Å². The molecule has 6 nitrogen and oxygen atoms in total. The molecule has 18 heavy (non-hydrogen) atoms. The predicted octanol–water partition coefficient (Wildman–Crippen LogP) is 1.84. The minimum Gasteiger partial charge on any atom is -0.360 e.